The second kappa shape index (κ2) is 9.57. The van der Waals surface area contributed by atoms with Gasteiger partial charge in [-0.15, -0.1) is 11.8 Å². The molecule has 1 aromatic carbocycles. The topological polar surface area (TPSA) is 107 Å². The third-order valence-corrected chi connectivity index (χ3v) is 6.61. The summed E-state index contributed by atoms with van der Waals surface area (Å²) in [7, 11) is 1.70. The average molecular weight is 514 g/mol. The number of likely N-dealkylation sites (N-methyl/N-ethyl adjacent to an activating group) is 1. The molecule has 1 atom stereocenters. The molecule has 186 valence electrons. The number of thioether (sulfide) groups is 1. The van der Waals surface area contributed by atoms with Gasteiger partial charge in [-0.05, 0) is 36.9 Å². The Morgan fingerprint density at radius 3 is 2.89 bits per heavy atom. The zero-order chi connectivity index (χ0) is 25.4. The van der Waals surface area contributed by atoms with E-state index in [-0.39, 0.29) is 34.2 Å². The van der Waals surface area contributed by atoms with Crippen LogP contribution >= 0.6 is 11.8 Å². The van der Waals surface area contributed by atoms with E-state index in [1.165, 1.54) is 39.4 Å². The average Bonchev–Trinajstić information content (AvgIpc) is 3.56. The predicted octanol–water partition coefficient (Wildman–Crippen LogP) is 3.57. The maximum atomic E-state index is 13.2. The zero-order valence-corrected chi connectivity index (χ0v) is 20.1. The van der Waals surface area contributed by atoms with Gasteiger partial charge in [-0.25, -0.2) is 9.50 Å². The number of halogens is 2. The first kappa shape index (κ1) is 23.7. The van der Waals surface area contributed by atoms with Crippen molar-refractivity contribution in [3.8, 4) is 17.0 Å². The zero-order valence-electron chi connectivity index (χ0n) is 19.3. The summed E-state index contributed by atoms with van der Waals surface area (Å²) in [5.74, 6) is -0.747. The summed E-state index contributed by atoms with van der Waals surface area (Å²) in [5.41, 5.74) is 1.25. The van der Waals surface area contributed by atoms with Crippen molar-refractivity contribution in [1.82, 2.24) is 29.3 Å². The van der Waals surface area contributed by atoms with Crippen molar-refractivity contribution in [2.75, 3.05) is 25.2 Å². The molecule has 0 spiro atoms. The van der Waals surface area contributed by atoms with Gasteiger partial charge in [-0.2, -0.15) is 19.0 Å². The highest BCUT2D eigenvalue weighted by atomic mass is 32.2. The van der Waals surface area contributed by atoms with Crippen molar-refractivity contribution in [2.45, 2.75) is 24.0 Å². The number of fused-ring (bicyclic) bond motifs is 1. The number of aromatic nitrogens is 5. The number of alkyl halides is 2. The molecular weight excluding hydrogens is 492 g/mol. The number of nitrogens with zero attached hydrogens (tertiary/aromatic N) is 6. The van der Waals surface area contributed by atoms with E-state index >= 15 is 0 Å². The first-order chi connectivity index (χ1) is 17.4. The van der Waals surface area contributed by atoms with Gasteiger partial charge < -0.3 is 15.0 Å². The summed E-state index contributed by atoms with van der Waals surface area (Å²) >= 11 is 1.41. The summed E-state index contributed by atoms with van der Waals surface area (Å²) < 4.78 is 34.1. The van der Waals surface area contributed by atoms with Crippen LogP contribution in [0.3, 0.4) is 0 Å². The molecule has 1 saturated heterocycles. The molecule has 0 bridgehead atoms. The van der Waals surface area contributed by atoms with Crippen LogP contribution in [0.2, 0.25) is 0 Å². The van der Waals surface area contributed by atoms with Crippen LogP contribution < -0.4 is 10.1 Å². The Labute approximate surface area is 208 Å². The van der Waals surface area contributed by atoms with E-state index in [0.717, 1.165) is 4.90 Å². The van der Waals surface area contributed by atoms with Crippen LogP contribution in [0.4, 0.5) is 14.5 Å². The number of rotatable bonds is 7. The first-order valence-corrected chi connectivity index (χ1v) is 12.1. The van der Waals surface area contributed by atoms with Crippen molar-refractivity contribution in [2.24, 2.45) is 0 Å². The minimum atomic E-state index is -3.06. The van der Waals surface area contributed by atoms with Crippen LogP contribution in [0.25, 0.3) is 16.9 Å². The van der Waals surface area contributed by atoms with Crippen LogP contribution in [0, 0.1) is 0 Å². The molecule has 1 unspecified atom stereocenters. The fraction of sp³-hybridized carbons (Fsp3) is 0.261. The van der Waals surface area contributed by atoms with Crippen LogP contribution in [0.5, 0.6) is 5.75 Å². The monoisotopic (exact) mass is 513 g/mol. The SMILES string of the molecule is CSc1ccc(OC(F)F)c(-c2nn(C3CCN(C)C3=O)cc2NC(=O)c2cnn3cccnc23)c1. The molecule has 1 aliphatic rings. The number of hydrogen-bond donors (Lipinski definition) is 1. The van der Waals surface area contributed by atoms with Gasteiger partial charge in [-0.1, -0.05) is 0 Å². The maximum absolute atomic E-state index is 13.2. The molecule has 1 aliphatic heterocycles. The second-order valence-corrected chi connectivity index (χ2v) is 8.96. The van der Waals surface area contributed by atoms with Crippen molar-refractivity contribution in [3.05, 3.63) is 54.6 Å². The number of anilines is 1. The molecule has 0 radical (unpaired) electrons. The van der Waals surface area contributed by atoms with Gasteiger partial charge in [0.15, 0.2) is 5.65 Å². The lowest BCUT2D eigenvalue weighted by Gasteiger charge is -2.12. The number of carbonyl (C=O) groups is 2. The molecular formula is C23H21F2N7O3S. The fourth-order valence-electron chi connectivity index (χ4n) is 4.09. The van der Waals surface area contributed by atoms with Gasteiger partial charge >= 0.3 is 6.61 Å². The summed E-state index contributed by atoms with van der Waals surface area (Å²) in [6.45, 7) is -2.50. The Hall–Kier alpha value is -4.00. The molecule has 13 heteroatoms. The number of amides is 2. The highest BCUT2D eigenvalue weighted by Crippen LogP contribution is 2.39. The highest BCUT2D eigenvalue weighted by Gasteiger charge is 2.33. The van der Waals surface area contributed by atoms with Gasteiger partial charge in [0, 0.05) is 36.4 Å². The number of nitrogens with one attached hydrogen (secondary N) is 1. The Kier molecular flexibility index (Phi) is 6.31. The van der Waals surface area contributed by atoms with E-state index in [1.54, 1.807) is 42.5 Å². The van der Waals surface area contributed by atoms with E-state index < -0.39 is 18.6 Å². The number of hydrogen-bond acceptors (Lipinski definition) is 7. The van der Waals surface area contributed by atoms with E-state index in [4.69, 9.17) is 4.74 Å². The van der Waals surface area contributed by atoms with Gasteiger partial charge in [-0.3, -0.25) is 14.3 Å². The smallest absolute Gasteiger partial charge is 0.387 e. The molecule has 36 heavy (non-hydrogen) atoms. The molecule has 3 aromatic heterocycles. The molecule has 0 saturated carbocycles. The third kappa shape index (κ3) is 4.37. The molecule has 4 heterocycles. The Balaban J connectivity index is 1.60. The van der Waals surface area contributed by atoms with Crippen LogP contribution in [-0.2, 0) is 4.79 Å². The normalized spacial score (nSPS) is 15.8. The molecule has 1 fully saturated rings. The van der Waals surface area contributed by atoms with Crippen molar-refractivity contribution in [3.63, 3.8) is 0 Å². The summed E-state index contributed by atoms with van der Waals surface area (Å²) in [6.07, 6.45) is 8.49. The fourth-order valence-corrected chi connectivity index (χ4v) is 4.53. The number of ether oxygens (including phenoxy) is 1. The van der Waals surface area contributed by atoms with E-state index in [1.807, 2.05) is 6.26 Å². The van der Waals surface area contributed by atoms with Gasteiger partial charge in [0.2, 0.25) is 5.91 Å². The minimum Gasteiger partial charge on any atom is -0.434 e. The van der Waals surface area contributed by atoms with E-state index in [2.05, 4.69) is 20.5 Å². The van der Waals surface area contributed by atoms with Crippen molar-refractivity contribution >= 4 is 34.9 Å². The molecule has 10 nitrogen and oxygen atoms in total. The third-order valence-electron chi connectivity index (χ3n) is 5.88. The summed E-state index contributed by atoms with van der Waals surface area (Å²) in [5, 5.41) is 11.5. The standard InChI is InChI=1S/C23H21F2N7O3S/c1-30-9-6-17(22(30)34)32-12-16(28-21(33)15-11-27-31-8-3-7-26-20(15)31)19(29-32)14-10-13(36-2)4-5-18(14)35-23(24)25/h3-5,7-8,10-12,17,23H,6,9H2,1-2H3,(H,28,33). The molecule has 2 amide bonds. The Morgan fingerprint density at radius 2 is 2.17 bits per heavy atom. The van der Waals surface area contributed by atoms with Crippen LogP contribution in [-0.4, -0.2) is 67.6 Å². The lowest BCUT2D eigenvalue weighted by Crippen LogP contribution is -2.24. The van der Waals surface area contributed by atoms with Crippen LogP contribution in [0.15, 0.2) is 53.9 Å². The molecule has 0 aliphatic carbocycles. The highest BCUT2D eigenvalue weighted by molar-refractivity contribution is 7.98. The number of carbonyl (C=O) groups excluding carboxylic acids is 2. The molecule has 4 aromatic rings. The van der Waals surface area contributed by atoms with Crippen molar-refractivity contribution in [1.29, 1.82) is 0 Å². The quantitative estimate of drug-likeness (QED) is 0.377. The lowest BCUT2D eigenvalue weighted by molar-refractivity contribution is -0.129. The van der Waals surface area contributed by atoms with Gasteiger partial charge in [0.1, 0.15) is 23.0 Å². The maximum Gasteiger partial charge on any atom is 0.387 e. The lowest BCUT2D eigenvalue weighted by atomic mass is 10.1. The summed E-state index contributed by atoms with van der Waals surface area (Å²) in [4.78, 5) is 32.5. The van der Waals surface area contributed by atoms with Gasteiger partial charge in [0.25, 0.3) is 5.91 Å². The van der Waals surface area contributed by atoms with E-state index in [0.29, 0.717) is 18.6 Å². The first-order valence-electron chi connectivity index (χ1n) is 10.9. The Bertz CT molecular complexity index is 1450. The van der Waals surface area contributed by atoms with Crippen molar-refractivity contribution < 1.29 is 23.1 Å². The molecule has 5 rings (SSSR count). The minimum absolute atomic E-state index is 0.101. The van der Waals surface area contributed by atoms with E-state index in [9.17, 15) is 18.4 Å². The number of likely N-dealkylation sites (tertiary alicyclic amines) is 1. The molecule has 1 N–H and O–H groups in total. The summed E-state index contributed by atoms with van der Waals surface area (Å²) in [6, 6.07) is 5.84. The largest absolute Gasteiger partial charge is 0.434 e. The number of benzene rings is 1. The second-order valence-electron chi connectivity index (χ2n) is 8.08. The van der Waals surface area contributed by atoms with Crippen LogP contribution in [0.1, 0.15) is 22.8 Å². The Morgan fingerprint density at radius 1 is 1.33 bits per heavy atom. The predicted molar refractivity (Wildman–Crippen MR) is 128 cm³/mol. The van der Waals surface area contributed by atoms with Gasteiger partial charge in [0.05, 0.1) is 18.1 Å².